The monoisotopic (exact) mass is 204 g/mol. The topological polar surface area (TPSA) is 72.2 Å². The van der Waals surface area contributed by atoms with Crippen molar-refractivity contribution in [3.63, 3.8) is 0 Å². The summed E-state index contributed by atoms with van der Waals surface area (Å²) in [6.07, 6.45) is 1.69. The SMILES string of the molecule is C=CCC(=O)Nc1ccccc1C(N)=O. The fourth-order valence-corrected chi connectivity index (χ4v) is 1.14. The lowest BCUT2D eigenvalue weighted by Crippen LogP contribution is -2.17. The van der Waals surface area contributed by atoms with E-state index in [1.54, 1.807) is 24.3 Å². The second-order valence-electron chi connectivity index (χ2n) is 2.95. The lowest BCUT2D eigenvalue weighted by atomic mass is 10.1. The summed E-state index contributed by atoms with van der Waals surface area (Å²) in [6, 6.07) is 6.59. The number of benzene rings is 1. The van der Waals surface area contributed by atoms with E-state index in [2.05, 4.69) is 11.9 Å². The first-order chi connectivity index (χ1) is 7.15. The highest BCUT2D eigenvalue weighted by Crippen LogP contribution is 2.14. The predicted molar refractivity (Wildman–Crippen MR) is 58.4 cm³/mol. The van der Waals surface area contributed by atoms with Crippen LogP contribution in [0.5, 0.6) is 0 Å². The summed E-state index contributed by atoms with van der Waals surface area (Å²) in [4.78, 5) is 22.3. The second kappa shape index (κ2) is 4.95. The molecule has 4 heteroatoms. The molecule has 0 aliphatic rings. The van der Waals surface area contributed by atoms with Gasteiger partial charge >= 0.3 is 0 Å². The van der Waals surface area contributed by atoms with Gasteiger partial charge in [0.2, 0.25) is 5.91 Å². The van der Waals surface area contributed by atoms with Crippen molar-refractivity contribution in [2.24, 2.45) is 5.73 Å². The summed E-state index contributed by atoms with van der Waals surface area (Å²) >= 11 is 0. The highest BCUT2D eigenvalue weighted by atomic mass is 16.2. The van der Waals surface area contributed by atoms with Crippen LogP contribution in [-0.2, 0) is 4.79 Å². The number of nitrogens with two attached hydrogens (primary N) is 1. The molecule has 1 rings (SSSR count). The van der Waals surface area contributed by atoms with Gasteiger partial charge in [-0.3, -0.25) is 9.59 Å². The van der Waals surface area contributed by atoms with Gasteiger partial charge in [0, 0.05) is 6.42 Å². The third kappa shape index (κ3) is 2.95. The van der Waals surface area contributed by atoms with Crippen LogP contribution in [0.2, 0.25) is 0 Å². The maximum absolute atomic E-state index is 11.3. The molecule has 0 saturated heterocycles. The van der Waals surface area contributed by atoms with Crippen molar-refractivity contribution in [1.29, 1.82) is 0 Å². The molecule has 4 nitrogen and oxygen atoms in total. The molecule has 2 amide bonds. The Kier molecular flexibility index (Phi) is 3.62. The number of hydrogen-bond acceptors (Lipinski definition) is 2. The number of anilines is 1. The Labute approximate surface area is 87.8 Å². The first-order valence-corrected chi connectivity index (χ1v) is 4.44. The van der Waals surface area contributed by atoms with Gasteiger partial charge in [-0.1, -0.05) is 18.2 Å². The van der Waals surface area contributed by atoms with Gasteiger partial charge in [-0.05, 0) is 12.1 Å². The van der Waals surface area contributed by atoms with Gasteiger partial charge in [-0.2, -0.15) is 0 Å². The first-order valence-electron chi connectivity index (χ1n) is 4.44. The molecule has 0 saturated carbocycles. The fourth-order valence-electron chi connectivity index (χ4n) is 1.14. The number of para-hydroxylation sites is 1. The maximum Gasteiger partial charge on any atom is 0.250 e. The third-order valence-corrected chi connectivity index (χ3v) is 1.80. The van der Waals surface area contributed by atoms with E-state index in [0.717, 1.165) is 0 Å². The summed E-state index contributed by atoms with van der Waals surface area (Å²) in [5.74, 6) is -0.789. The standard InChI is InChI=1S/C11H12N2O2/c1-2-5-10(14)13-9-7-4-3-6-8(9)11(12)15/h2-4,6-7H,1,5H2,(H2,12,15)(H,13,14). The van der Waals surface area contributed by atoms with E-state index < -0.39 is 5.91 Å². The van der Waals surface area contributed by atoms with E-state index in [1.165, 1.54) is 6.08 Å². The van der Waals surface area contributed by atoms with Crippen LogP contribution in [0.3, 0.4) is 0 Å². The van der Waals surface area contributed by atoms with E-state index in [9.17, 15) is 9.59 Å². The second-order valence-corrected chi connectivity index (χ2v) is 2.95. The molecular weight excluding hydrogens is 192 g/mol. The Bertz CT molecular complexity index is 399. The van der Waals surface area contributed by atoms with Crippen LogP contribution >= 0.6 is 0 Å². The van der Waals surface area contributed by atoms with E-state index >= 15 is 0 Å². The highest BCUT2D eigenvalue weighted by molar-refractivity contribution is 6.03. The molecule has 3 N–H and O–H groups in total. The minimum Gasteiger partial charge on any atom is -0.366 e. The van der Waals surface area contributed by atoms with Crippen LogP contribution in [0.25, 0.3) is 0 Å². The summed E-state index contributed by atoms with van der Waals surface area (Å²) < 4.78 is 0. The van der Waals surface area contributed by atoms with E-state index in [0.29, 0.717) is 11.3 Å². The minimum atomic E-state index is -0.565. The minimum absolute atomic E-state index is 0.201. The number of rotatable bonds is 4. The zero-order valence-corrected chi connectivity index (χ0v) is 8.19. The molecular formula is C11H12N2O2. The molecule has 0 aromatic heterocycles. The summed E-state index contributed by atoms with van der Waals surface area (Å²) in [5, 5.41) is 2.58. The van der Waals surface area contributed by atoms with Crippen LogP contribution in [0, 0.1) is 0 Å². The number of primary amides is 1. The van der Waals surface area contributed by atoms with Gasteiger partial charge in [0.25, 0.3) is 5.91 Å². The summed E-state index contributed by atoms with van der Waals surface area (Å²) in [7, 11) is 0. The van der Waals surface area contributed by atoms with Crippen molar-refractivity contribution >= 4 is 17.5 Å². The average Bonchev–Trinajstić information content (AvgIpc) is 2.18. The van der Waals surface area contributed by atoms with Crippen LogP contribution in [-0.4, -0.2) is 11.8 Å². The molecule has 0 aliphatic heterocycles. The molecule has 0 bridgehead atoms. The van der Waals surface area contributed by atoms with Crippen molar-refractivity contribution in [2.45, 2.75) is 6.42 Å². The first kappa shape index (κ1) is 11.0. The molecule has 1 aromatic carbocycles. The lowest BCUT2D eigenvalue weighted by molar-refractivity contribution is -0.115. The molecule has 0 aliphatic carbocycles. The Morgan fingerprint density at radius 3 is 2.67 bits per heavy atom. The molecule has 0 unspecified atom stereocenters. The predicted octanol–water partition coefficient (Wildman–Crippen LogP) is 1.30. The average molecular weight is 204 g/mol. The largest absolute Gasteiger partial charge is 0.366 e. The quantitative estimate of drug-likeness (QED) is 0.725. The number of amides is 2. The molecule has 15 heavy (non-hydrogen) atoms. The lowest BCUT2D eigenvalue weighted by Gasteiger charge is -2.07. The molecule has 0 spiro atoms. The molecule has 1 aromatic rings. The van der Waals surface area contributed by atoms with Gasteiger partial charge < -0.3 is 11.1 Å². The van der Waals surface area contributed by atoms with Gasteiger partial charge in [0.15, 0.2) is 0 Å². The number of hydrogen-bond donors (Lipinski definition) is 2. The molecule has 0 fully saturated rings. The number of nitrogens with one attached hydrogen (secondary N) is 1. The fraction of sp³-hybridized carbons (Fsp3) is 0.0909. The molecule has 0 radical (unpaired) electrons. The normalized spacial score (nSPS) is 9.33. The Morgan fingerprint density at radius 2 is 2.07 bits per heavy atom. The van der Waals surface area contributed by atoms with Gasteiger partial charge in [0.1, 0.15) is 0 Å². The Morgan fingerprint density at radius 1 is 1.40 bits per heavy atom. The maximum atomic E-state index is 11.3. The van der Waals surface area contributed by atoms with E-state index in [4.69, 9.17) is 5.73 Å². The molecule has 0 atom stereocenters. The van der Waals surface area contributed by atoms with E-state index in [1.807, 2.05) is 0 Å². The zero-order valence-electron chi connectivity index (χ0n) is 8.19. The van der Waals surface area contributed by atoms with Gasteiger partial charge in [-0.25, -0.2) is 0 Å². The molecule has 78 valence electrons. The number of carbonyl (C=O) groups is 2. The van der Waals surface area contributed by atoms with Crippen LogP contribution < -0.4 is 11.1 Å². The van der Waals surface area contributed by atoms with Crippen LogP contribution in [0.15, 0.2) is 36.9 Å². The Balaban J connectivity index is 2.89. The van der Waals surface area contributed by atoms with Crippen molar-refractivity contribution in [2.75, 3.05) is 5.32 Å². The van der Waals surface area contributed by atoms with Crippen molar-refractivity contribution in [3.8, 4) is 0 Å². The zero-order chi connectivity index (χ0) is 11.3. The Hall–Kier alpha value is -2.10. The summed E-state index contributed by atoms with van der Waals surface area (Å²) in [5.41, 5.74) is 5.88. The van der Waals surface area contributed by atoms with E-state index in [-0.39, 0.29) is 12.3 Å². The van der Waals surface area contributed by atoms with Crippen molar-refractivity contribution < 1.29 is 9.59 Å². The van der Waals surface area contributed by atoms with Crippen LogP contribution in [0.1, 0.15) is 16.8 Å². The van der Waals surface area contributed by atoms with Crippen molar-refractivity contribution in [1.82, 2.24) is 0 Å². The smallest absolute Gasteiger partial charge is 0.250 e. The molecule has 0 heterocycles. The van der Waals surface area contributed by atoms with Crippen LogP contribution in [0.4, 0.5) is 5.69 Å². The third-order valence-electron chi connectivity index (χ3n) is 1.80. The summed E-state index contributed by atoms with van der Waals surface area (Å²) in [6.45, 7) is 3.45. The van der Waals surface area contributed by atoms with Crippen molar-refractivity contribution in [3.05, 3.63) is 42.5 Å². The van der Waals surface area contributed by atoms with Gasteiger partial charge in [0.05, 0.1) is 11.3 Å². The number of carbonyl (C=O) groups excluding carboxylic acids is 2. The van der Waals surface area contributed by atoms with Gasteiger partial charge in [-0.15, -0.1) is 6.58 Å². The highest BCUT2D eigenvalue weighted by Gasteiger charge is 2.08.